The van der Waals surface area contributed by atoms with Gasteiger partial charge in [-0.05, 0) is 37.7 Å². The first-order valence-corrected chi connectivity index (χ1v) is 7.78. The molecule has 3 rings (SSSR count). The van der Waals surface area contributed by atoms with E-state index in [0.29, 0.717) is 12.0 Å². The Morgan fingerprint density at radius 2 is 2.00 bits per heavy atom. The predicted octanol–water partition coefficient (Wildman–Crippen LogP) is 3.00. The minimum absolute atomic E-state index is 0.603. The molecule has 0 bridgehead atoms. The molecule has 0 aromatic heterocycles. The number of likely N-dealkylation sites (tertiary alicyclic amines) is 1. The lowest BCUT2D eigenvalue weighted by molar-refractivity contribution is 0.255. The van der Waals surface area contributed by atoms with Crippen LogP contribution >= 0.6 is 0 Å². The third kappa shape index (κ3) is 3.18. The van der Waals surface area contributed by atoms with E-state index in [1.165, 1.54) is 31.4 Å². The van der Waals surface area contributed by atoms with Gasteiger partial charge in [0.15, 0.2) is 0 Å². The predicted molar refractivity (Wildman–Crippen MR) is 80.5 cm³/mol. The van der Waals surface area contributed by atoms with Gasteiger partial charge in [-0.1, -0.05) is 37.3 Å². The smallest absolute Gasteiger partial charge is 0.0210 e. The van der Waals surface area contributed by atoms with Crippen LogP contribution < -0.4 is 5.32 Å². The first-order valence-electron chi connectivity index (χ1n) is 7.78. The van der Waals surface area contributed by atoms with Crippen molar-refractivity contribution in [3.8, 4) is 0 Å². The Kier molecular flexibility index (Phi) is 3.90. The standard InChI is InChI=1S/C17H26N2/c1-13(15-6-4-3-5-7-15)11-18-16-10-14(2)19(12-16)17-8-9-17/h3-7,13-14,16-18H,8-12H2,1-2H3. The van der Waals surface area contributed by atoms with Crippen molar-refractivity contribution in [1.29, 1.82) is 0 Å². The second-order valence-corrected chi connectivity index (χ2v) is 6.43. The van der Waals surface area contributed by atoms with Crippen LogP contribution in [0.15, 0.2) is 30.3 Å². The van der Waals surface area contributed by atoms with Crippen LogP contribution in [0.2, 0.25) is 0 Å². The van der Waals surface area contributed by atoms with E-state index in [9.17, 15) is 0 Å². The Morgan fingerprint density at radius 3 is 2.68 bits per heavy atom. The maximum Gasteiger partial charge on any atom is 0.0210 e. The Labute approximate surface area is 117 Å². The average molecular weight is 258 g/mol. The molecule has 2 aliphatic rings. The fourth-order valence-electron chi connectivity index (χ4n) is 3.36. The van der Waals surface area contributed by atoms with Gasteiger partial charge in [-0.2, -0.15) is 0 Å². The lowest BCUT2D eigenvalue weighted by Gasteiger charge is -2.20. The van der Waals surface area contributed by atoms with E-state index >= 15 is 0 Å². The van der Waals surface area contributed by atoms with Crippen LogP contribution in [0.4, 0.5) is 0 Å². The summed E-state index contributed by atoms with van der Waals surface area (Å²) in [5.74, 6) is 0.603. The molecule has 1 saturated heterocycles. The molecule has 2 heteroatoms. The molecule has 1 heterocycles. The van der Waals surface area contributed by atoms with E-state index in [1.54, 1.807) is 0 Å². The average Bonchev–Trinajstić information content (AvgIpc) is 3.21. The van der Waals surface area contributed by atoms with Gasteiger partial charge in [-0.25, -0.2) is 0 Å². The molecule has 19 heavy (non-hydrogen) atoms. The lowest BCUT2D eigenvalue weighted by atomic mass is 10.0. The first-order chi connectivity index (χ1) is 9.24. The zero-order valence-electron chi connectivity index (χ0n) is 12.2. The second-order valence-electron chi connectivity index (χ2n) is 6.43. The monoisotopic (exact) mass is 258 g/mol. The fourth-order valence-corrected chi connectivity index (χ4v) is 3.36. The van der Waals surface area contributed by atoms with Gasteiger partial charge in [0.25, 0.3) is 0 Å². The molecule has 1 aromatic carbocycles. The second kappa shape index (κ2) is 5.64. The number of nitrogens with one attached hydrogen (secondary N) is 1. The molecule has 1 aromatic rings. The molecule has 1 aliphatic carbocycles. The normalized spacial score (nSPS) is 29.6. The van der Waals surface area contributed by atoms with Crippen molar-refractivity contribution in [3.63, 3.8) is 0 Å². The number of benzene rings is 1. The Bertz CT molecular complexity index is 399. The van der Waals surface area contributed by atoms with Gasteiger partial charge in [0.1, 0.15) is 0 Å². The Balaban J connectivity index is 1.47. The van der Waals surface area contributed by atoms with E-state index in [0.717, 1.165) is 18.6 Å². The maximum absolute atomic E-state index is 3.78. The summed E-state index contributed by atoms with van der Waals surface area (Å²) in [7, 11) is 0. The highest BCUT2D eigenvalue weighted by molar-refractivity contribution is 5.19. The summed E-state index contributed by atoms with van der Waals surface area (Å²) < 4.78 is 0. The molecule has 3 unspecified atom stereocenters. The summed E-state index contributed by atoms with van der Waals surface area (Å²) in [6.45, 7) is 7.06. The van der Waals surface area contributed by atoms with Crippen molar-refractivity contribution in [2.45, 2.75) is 57.2 Å². The van der Waals surface area contributed by atoms with Crippen molar-refractivity contribution in [2.75, 3.05) is 13.1 Å². The van der Waals surface area contributed by atoms with Gasteiger partial charge >= 0.3 is 0 Å². The molecule has 3 atom stereocenters. The van der Waals surface area contributed by atoms with E-state index in [-0.39, 0.29) is 0 Å². The zero-order valence-corrected chi connectivity index (χ0v) is 12.2. The molecule has 1 saturated carbocycles. The van der Waals surface area contributed by atoms with Gasteiger partial charge < -0.3 is 5.32 Å². The van der Waals surface area contributed by atoms with E-state index in [2.05, 4.69) is 54.4 Å². The molecule has 104 valence electrons. The zero-order chi connectivity index (χ0) is 13.2. The number of hydrogen-bond acceptors (Lipinski definition) is 2. The summed E-state index contributed by atoms with van der Waals surface area (Å²) in [5.41, 5.74) is 1.44. The number of nitrogens with zero attached hydrogens (tertiary/aromatic N) is 1. The maximum atomic E-state index is 3.78. The van der Waals surface area contributed by atoms with E-state index < -0.39 is 0 Å². The highest BCUT2D eigenvalue weighted by Crippen LogP contribution is 2.33. The lowest BCUT2D eigenvalue weighted by Crippen LogP contribution is -2.35. The Hall–Kier alpha value is -0.860. The van der Waals surface area contributed by atoms with Crippen LogP contribution in [0.25, 0.3) is 0 Å². The van der Waals surface area contributed by atoms with Crippen LogP contribution in [0.5, 0.6) is 0 Å². The van der Waals surface area contributed by atoms with E-state index in [1.807, 2.05) is 0 Å². The summed E-state index contributed by atoms with van der Waals surface area (Å²) in [5, 5.41) is 3.78. The molecular weight excluding hydrogens is 232 g/mol. The topological polar surface area (TPSA) is 15.3 Å². The minimum Gasteiger partial charge on any atom is -0.312 e. The third-order valence-electron chi connectivity index (χ3n) is 4.72. The van der Waals surface area contributed by atoms with Gasteiger partial charge in [0.05, 0.1) is 0 Å². The van der Waals surface area contributed by atoms with E-state index in [4.69, 9.17) is 0 Å². The van der Waals surface area contributed by atoms with Crippen LogP contribution in [-0.4, -0.2) is 36.1 Å². The van der Waals surface area contributed by atoms with Crippen LogP contribution in [-0.2, 0) is 0 Å². The summed E-state index contributed by atoms with van der Waals surface area (Å²) in [6.07, 6.45) is 4.17. The first kappa shape index (κ1) is 13.1. The van der Waals surface area contributed by atoms with Gasteiger partial charge in [0.2, 0.25) is 0 Å². The number of rotatable bonds is 5. The SMILES string of the molecule is CC(CNC1CC(C)N(C2CC2)C1)c1ccccc1. The summed E-state index contributed by atoms with van der Waals surface area (Å²) >= 11 is 0. The number of hydrogen-bond donors (Lipinski definition) is 1. The van der Waals surface area contributed by atoms with Crippen LogP contribution in [0.3, 0.4) is 0 Å². The molecule has 1 N–H and O–H groups in total. The van der Waals surface area contributed by atoms with Gasteiger partial charge in [-0.15, -0.1) is 0 Å². The third-order valence-corrected chi connectivity index (χ3v) is 4.72. The van der Waals surface area contributed by atoms with Crippen molar-refractivity contribution >= 4 is 0 Å². The molecule has 0 amide bonds. The quantitative estimate of drug-likeness (QED) is 0.873. The Morgan fingerprint density at radius 1 is 1.26 bits per heavy atom. The molecule has 1 aliphatic heterocycles. The van der Waals surface area contributed by atoms with Gasteiger partial charge in [-0.3, -0.25) is 4.90 Å². The summed E-state index contributed by atoms with van der Waals surface area (Å²) in [4.78, 5) is 2.71. The van der Waals surface area contributed by atoms with Crippen molar-refractivity contribution in [2.24, 2.45) is 0 Å². The largest absolute Gasteiger partial charge is 0.312 e. The van der Waals surface area contributed by atoms with Crippen molar-refractivity contribution < 1.29 is 0 Å². The summed E-state index contributed by atoms with van der Waals surface area (Å²) in [6, 6.07) is 13.2. The highest BCUT2D eigenvalue weighted by atomic mass is 15.3. The molecule has 0 radical (unpaired) electrons. The molecule has 0 spiro atoms. The van der Waals surface area contributed by atoms with Crippen LogP contribution in [0, 0.1) is 0 Å². The molecular formula is C17H26N2. The van der Waals surface area contributed by atoms with Crippen molar-refractivity contribution in [1.82, 2.24) is 10.2 Å². The molecule has 2 nitrogen and oxygen atoms in total. The van der Waals surface area contributed by atoms with Gasteiger partial charge in [0, 0.05) is 31.2 Å². The van der Waals surface area contributed by atoms with Crippen LogP contribution in [0.1, 0.15) is 44.6 Å². The fraction of sp³-hybridized carbons (Fsp3) is 0.647. The minimum atomic E-state index is 0.603. The van der Waals surface area contributed by atoms with Crippen molar-refractivity contribution in [3.05, 3.63) is 35.9 Å². The molecule has 2 fully saturated rings. The highest BCUT2D eigenvalue weighted by Gasteiger charge is 2.38.